The van der Waals surface area contributed by atoms with Gasteiger partial charge in [-0.05, 0) is 26.7 Å². The van der Waals surface area contributed by atoms with Crippen LogP contribution in [0.4, 0.5) is 0 Å². The van der Waals surface area contributed by atoms with Gasteiger partial charge in [-0.3, -0.25) is 0 Å². The van der Waals surface area contributed by atoms with Crippen molar-refractivity contribution in [3.8, 4) is 0 Å². The van der Waals surface area contributed by atoms with Gasteiger partial charge >= 0.3 is 0 Å². The molecule has 1 saturated carbocycles. The van der Waals surface area contributed by atoms with Gasteiger partial charge in [-0.15, -0.1) is 0 Å². The molecular weight excluding hydrogens is 174 g/mol. The van der Waals surface area contributed by atoms with Crippen LogP contribution in [0.5, 0.6) is 0 Å². The van der Waals surface area contributed by atoms with Gasteiger partial charge in [0.05, 0.1) is 6.04 Å². The fourth-order valence-corrected chi connectivity index (χ4v) is 2.41. The molecule has 1 aliphatic carbocycles. The van der Waals surface area contributed by atoms with Crippen molar-refractivity contribution in [2.75, 3.05) is 0 Å². The Bertz CT molecular complexity index is 273. The predicted octanol–water partition coefficient (Wildman–Crippen LogP) is 2.39. The second-order valence-corrected chi connectivity index (χ2v) is 4.61. The van der Waals surface area contributed by atoms with Gasteiger partial charge in [0.15, 0.2) is 0 Å². The third-order valence-electron chi connectivity index (χ3n) is 3.20. The van der Waals surface area contributed by atoms with E-state index >= 15 is 0 Å². The van der Waals surface area contributed by atoms with Crippen LogP contribution in [-0.2, 0) is 0 Å². The molecule has 0 radical (unpaired) electrons. The van der Waals surface area contributed by atoms with Crippen molar-refractivity contribution in [3.05, 3.63) is 18.2 Å². The summed E-state index contributed by atoms with van der Waals surface area (Å²) in [6, 6.07) is 0.327. The molecule has 3 heteroatoms. The molecule has 0 saturated heterocycles. The first kappa shape index (κ1) is 9.71. The third kappa shape index (κ3) is 1.98. The highest BCUT2D eigenvalue weighted by Gasteiger charge is 2.30. The van der Waals surface area contributed by atoms with E-state index < -0.39 is 0 Å². The van der Waals surface area contributed by atoms with E-state index in [-0.39, 0.29) is 0 Å². The lowest BCUT2D eigenvalue weighted by molar-refractivity contribution is 0.321. The molecule has 1 aromatic rings. The molecule has 0 amide bonds. The smallest absolute Gasteiger partial charge is 0.122 e. The molecule has 0 spiro atoms. The maximum Gasteiger partial charge on any atom is 0.122 e. The molecule has 1 unspecified atom stereocenters. The van der Waals surface area contributed by atoms with E-state index in [9.17, 15) is 0 Å². The fraction of sp³-hybridized carbons (Fsp3) is 0.727. The lowest BCUT2D eigenvalue weighted by Gasteiger charge is -2.28. The molecule has 2 rings (SSSR count). The Morgan fingerprint density at radius 1 is 1.50 bits per heavy atom. The first-order valence-corrected chi connectivity index (χ1v) is 5.47. The number of H-pyrrole nitrogens is 1. The van der Waals surface area contributed by atoms with E-state index in [0.29, 0.717) is 11.6 Å². The Balaban J connectivity index is 1.97. The Morgan fingerprint density at radius 2 is 2.21 bits per heavy atom. The van der Waals surface area contributed by atoms with Crippen molar-refractivity contribution in [3.63, 3.8) is 0 Å². The molecule has 14 heavy (non-hydrogen) atoms. The second-order valence-electron chi connectivity index (χ2n) is 4.61. The summed E-state index contributed by atoms with van der Waals surface area (Å²) in [6.07, 6.45) is 8.98. The largest absolute Gasteiger partial charge is 0.347 e. The minimum atomic E-state index is 0.326. The Labute approximate surface area is 85.3 Å². The highest BCUT2D eigenvalue weighted by atomic mass is 15.1. The number of imidazole rings is 1. The Kier molecular flexibility index (Phi) is 2.59. The first-order valence-electron chi connectivity index (χ1n) is 5.47. The van der Waals surface area contributed by atoms with E-state index in [1.807, 2.05) is 12.4 Å². The monoisotopic (exact) mass is 193 g/mol. The van der Waals surface area contributed by atoms with Gasteiger partial charge in [0.25, 0.3) is 0 Å². The number of aromatic nitrogens is 2. The Morgan fingerprint density at radius 3 is 2.79 bits per heavy atom. The molecule has 1 atom stereocenters. The van der Waals surface area contributed by atoms with Crippen molar-refractivity contribution in [2.24, 2.45) is 0 Å². The van der Waals surface area contributed by atoms with E-state index in [1.165, 1.54) is 25.7 Å². The minimum Gasteiger partial charge on any atom is -0.347 e. The SMILES string of the molecule is CC(NC1(C)CCCC1)c1ncc[nH]1. The summed E-state index contributed by atoms with van der Waals surface area (Å²) >= 11 is 0. The zero-order valence-corrected chi connectivity index (χ0v) is 9.01. The van der Waals surface area contributed by atoms with Gasteiger partial charge < -0.3 is 10.3 Å². The van der Waals surface area contributed by atoms with Crippen LogP contribution in [0.2, 0.25) is 0 Å². The standard InChI is InChI=1S/C11H19N3/c1-9(10-12-7-8-13-10)14-11(2)5-3-4-6-11/h7-9,14H,3-6H2,1-2H3,(H,12,13). The van der Waals surface area contributed by atoms with Crippen LogP contribution in [-0.4, -0.2) is 15.5 Å². The summed E-state index contributed by atoms with van der Waals surface area (Å²) in [4.78, 5) is 7.43. The second kappa shape index (κ2) is 3.73. The van der Waals surface area contributed by atoms with Gasteiger partial charge in [0.2, 0.25) is 0 Å². The summed E-state index contributed by atoms with van der Waals surface area (Å²) in [5.74, 6) is 1.04. The molecule has 0 aliphatic heterocycles. The van der Waals surface area contributed by atoms with Crippen molar-refractivity contribution >= 4 is 0 Å². The normalized spacial score (nSPS) is 22.4. The van der Waals surface area contributed by atoms with Gasteiger partial charge in [-0.25, -0.2) is 4.98 Å². The fourth-order valence-electron chi connectivity index (χ4n) is 2.41. The van der Waals surface area contributed by atoms with E-state index in [4.69, 9.17) is 0 Å². The number of rotatable bonds is 3. The molecule has 2 N–H and O–H groups in total. The maximum atomic E-state index is 4.27. The lowest BCUT2D eigenvalue weighted by Crippen LogP contribution is -2.41. The molecule has 0 aromatic carbocycles. The Hall–Kier alpha value is -0.830. The van der Waals surface area contributed by atoms with Crippen LogP contribution in [0.3, 0.4) is 0 Å². The highest BCUT2D eigenvalue weighted by Crippen LogP contribution is 2.30. The number of hydrogen-bond donors (Lipinski definition) is 2. The summed E-state index contributed by atoms with van der Waals surface area (Å²) in [5, 5.41) is 3.66. The van der Waals surface area contributed by atoms with Crippen LogP contribution in [0, 0.1) is 0 Å². The van der Waals surface area contributed by atoms with Gasteiger partial charge in [0, 0.05) is 17.9 Å². The molecule has 1 aliphatic rings. The van der Waals surface area contributed by atoms with Gasteiger partial charge in [-0.2, -0.15) is 0 Å². The highest BCUT2D eigenvalue weighted by molar-refractivity contribution is 4.98. The van der Waals surface area contributed by atoms with E-state index in [2.05, 4.69) is 29.1 Å². The van der Waals surface area contributed by atoms with Crippen LogP contribution in [0.25, 0.3) is 0 Å². The van der Waals surface area contributed by atoms with Crippen LogP contribution in [0.15, 0.2) is 12.4 Å². The molecule has 1 aromatic heterocycles. The molecule has 78 valence electrons. The molecule has 3 nitrogen and oxygen atoms in total. The van der Waals surface area contributed by atoms with E-state index in [1.54, 1.807) is 0 Å². The molecule has 1 fully saturated rings. The lowest BCUT2D eigenvalue weighted by atomic mass is 9.99. The third-order valence-corrected chi connectivity index (χ3v) is 3.20. The van der Waals surface area contributed by atoms with Gasteiger partial charge in [-0.1, -0.05) is 12.8 Å². The summed E-state index contributed by atoms with van der Waals surface area (Å²) < 4.78 is 0. The zero-order chi connectivity index (χ0) is 10.0. The summed E-state index contributed by atoms with van der Waals surface area (Å²) in [7, 11) is 0. The zero-order valence-electron chi connectivity index (χ0n) is 9.01. The van der Waals surface area contributed by atoms with Crippen LogP contribution >= 0.6 is 0 Å². The predicted molar refractivity (Wildman–Crippen MR) is 57.0 cm³/mol. The first-order chi connectivity index (χ1) is 6.70. The number of hydrogen-bond acceptors (Lipinski definition) is 2. The van der Waals surface area contributed by atoms with Crippen LogP contribution in [0.1, 0.15) is 51.4 Å². The van der Waals surface area contributed by atoms with Crippen molar-refractivity contribution in [2.45, 2.75) is 51.1 Å². The van der Waals surface area contributed by atoms with E-state index in [0.717, 1.165) is 5.82 Å². The average Bonchev–Trinajstić information content (AvgIpc) is 2.74. The van der Waals surface area contributed by atoms with Gasteiger partial charge in [0.1, 0.15) is 5.82 Å². The quantitative estimate of drug-likeness (QED) is 0.774. The number of nitrogens with zero attached hydrogens (tertiary/aromatic N) is 1. The topological polar surface area (TPSA) is 40.7 Å². The number of aromatic amines is 1. The van der Waals surface area contributed by atoms with Crippen LogP contribution < -0.4 is 5.32 Å². The van der Waals surface area contributed by atoms with Crippen molar-refractivity contribution < 1.29 is 0 Å². The molecular formula is C11H19N3. The minimum absolute atomic E-state index is 0.326. The maximum absolute atomic E-state index is 4.27. The van der Waals surface area contributed by atoms with Crippen molar-refractivity contribution in [1.82, 2.24) is 15.3 Å². The number of nitrogens with one attached hydrogen (secondary N) is 2. The van der Waals surface area contributed by atoms with Crippen molar-refractivity contribution in [1.29, 1.82) is 0 Å². The molecule has 0 bridgehead atoms. The summed E-state index contributed by atoms with van der Waals surface area (Å²) in [5.41, 5.74) is 0.326. The summed E-state index contributed by atoms with van der Waals surface area (Å²) in [6.45, 7) is 4.49. The average molecular weight is 193 g/mol. The molecule has 1 heterocycles.